The molecule has 8 heteroatoms. The number of esters is 1. The maximum Gasteiger partial charge on any atom is 0.374 e. The lowest BCUT2D eigenvalue weighted by Gasteiger charge is -2.13. The minimum Gasteiger partial charge on any atom is -0.450 e. The number of aryl methyl sites for hydroxylation is 1. The number of hydrogen-bond acceptors (Lipinski definition) is 6. The lowest BCUT2D eigenvalue weighted by molar-refractivity contribution is -0.130. The molecule has 144 valence electrons. The Morgan fingerprint density at radius 3 is 2.67 bits per heavy atom. The fraction of sp³-hybridized carbons (Fsp3) is 0.368. The van der Waals surface area contributed by atoms with Crippen LogP contribution >= 0.6 is 0 Å². The van der Waals surface area contributed by atoms with Crippen LogP contribution < -0.4 is 16.1 Å². The maximum atomic E-state index is 12.1. The summed E-state index contributed by atoms with van der Waals surface area (Å²) in [6.07, 6.45) is 0.778. The van der Waals surface area contributed by atoms with Crippen LogP contribution in [0.2, 0.25) is 0 Å². The molecule has 0 unspecified atom stereocenters. The van der Waals surface area contributed by atoms with Gasteiger partial charge in [0.15, 0.2) is 12.0 Å². The molecule has 0 fully saturated rings. The summed E-state index contributed by atoms with van der Waals surface area (Å²) in [5.41, 5.74) is 0.766. The van der Waals surface area contributed by atoms with Crippen molar-refractivity contribution in [2.75, 3.05) is 13.2 Å². The smallest absolute Gasteiger partial charge is 0.374 e. The topological polar surface area (TPSA) is 115 Å². The van der Waals surface area contributed by atoms with E-state index < -0.39 is 24.5 Å². The van der Waals surface area contributed by atoms with Gasteiger partial charge in [0.2, 0.25) is 11.7 Å². The Bertz CT molecular complexity index is 918. The molecule has 2 rings (SSSR count). The van der Waals surface area contributed by atoms with E-state index in [-0.39, 0.29) is 22.7 Å². The van der Waals surface area contributed by atoms with E-state index in [1.165, 1.54) is 6.92 Å². The van der Waals surface area contributed by atoms with Crippen LogP contribution in [0.15, 0.2) is 33.5 Å². The molecule has 1 aromatic carbocycles. The Kier molecular flexibility index (Phi) is 6.70. The van der Waals surface area contributed by atoms with Gasteiger partial charge in [0.1, 0.15) is 11.6 Å². The molecule has 2 aromatic rings. The lowest BCUT2D eigenvalue weighted by Crippen LogP contribution is -2.46. The molecule has 0 aliphatic rings. The summed E-state index contributed by atoms with van der Waals surface area (Å²) in [6, 6.07) is 5.27. The Labute approximate surface area is 155 Å². The summed E-state index contributed by atoms with van der Waals surface area (Å²) in [6.45, 7) is 5.18. The molecule has 2 N–H and O–H groups in total. The van der Waals surface area contributed by atoms with E-state index in [0.717, 1.165) is 18.1 Å². The molecule has 0 aliphatic carbocycles. The van der Waals surface area contributed by atoms with Crippen molar-refractivity contribution in [3.05, 3.63) is 45.8 Å². The highest BCUT2D eigenvalue weighted by Crippen LogP contribution is 2.14. The molecule has 1 heterocycles. The second-order valence-corrected chi connectivity index (χ2v) is 6.13. The van der Waals surface area contributed by atoms with Gasteiger partial charge in [0, 0.05) is 12.6 Å². The van der Waals surface area contributed by atoms with Gasteiger partial charge in [-0.25, -0.2) is 4.79 Å². The predicted molar refractivity (Wildman–Crippen MR) is 98.4 cm³/mol. The number of ether oxygens (including phenoxy) is 1. The summed E-state index contributed by atoms with van der Waals surface area (Å²) >= 11 is 0. The average Bonchev–Trinajstić information content (AvgIpc) is 2.64. The zero-order chi connectivity index (χ0) is 20.0. The van der Waals surface area contributed by atoms with Crippen LogP contribution in [0.3, 0.4) is 0 Å². The van der Waals surface area contributed by atoms with Gasteiger partial charge in [-0.2, -0.15) is 0 Å². The van der Waals surface area contributed by atoms with Gasteiger partial charge in [0.25, 0.3) is 5.91 Å². The largest absolute Gasteiger partial charge is 0.450 e. The second-order valence-electron chi connectivity index (χ2n) is 6.13. The van der Waals surface area contributed by atoms with E-state index in [1.54, 1.807) is 18.2 Å². The van der Waals surface area contributed by atoms with Crippen LogP contribution in [0, 0.1) is 6.92 Å². The third-order valence-corrected chi connectivity index (χ3v) is 3.74. The van der Waals surface area contributed by atoms with E-state index >= 15 is 0 Å². The minimum atomic E-state index is -0.937. The molecule has 0 aliphatic heterocycles. The average molecular weight is 374 g/mol. The van der Waals surface area contributed by atoms with Gasteiger partial charge in [-0.1, -0.05) is 18.6 Å². The highest BCUT2D eigenvalue weighted by Gasteiger charge is 2.18. The molecule has 1 aromatic heterocycles. The Morgan fingerprint density at radius 2 is 1.96 bits per heavy atom. The number of carbonyl (C=O) groups is 3. The minimum absolute atomic E-state index is 0.255. The van der Waals surface area contributed by atoms with Crippen LogP contribution in [0.25, 0.3) is 11.0 Å². The summed E-state index contributed by atoms with van der Waals surface area (Å²) in [4.78, 5) is 47.7. The van der Waals surface area contributed by atoms with Gasteiger partial charge in [-0.3, -0.25) is 14.4 Å². The van der Waals surface area contributed by atoms with E-state index in [1.807, 2.05) is 13.8 Å². The van der Waals surface area contributed by atoms with Gasteiger partial charge >= 0.3 is 5.97 Å². The Balaban J connectivity index is 1.96. The van der Waals surface area contributed by atoms with Crippen molar-refractivity contribution < 1.29 is 23.5 Å². The monoisotopic (exact) mass is 374 g/mol. The van der Waals surface area contributed by atoms with Crippen LogP contribution in [0.1, 0.15) is 36.4 Å². The van der Waals surface area contributed by atoms with Crippen molar-refractivity contribution in [1.82, 2.24) is 10.6 Å². The van der Waals surface area contributed by atoms with Crippen molar-refractivity contribution in [2.24, 2.45) is 0 Å². The summed E-state index contributed by atoms with van der Waals surface area (Å²) in [5.74, 6) is -2.20. The molecule has 27 heavy (non-hydrogen) atoms. The third kappa shape index (κ3) is 5.40. The number of fused-ring (bicyclic) bond motifs is 1. The summed E-state index contributed by atoms with van der Waals surface area (Å²) < 4.78 is 10.2. The normalized spacial score (nSPS) is 11.7. The molecule has 1 atom stereocenters. The number of nitrogens with one attached hydrogen (secondary N) is 2. The van der Waals surface area contributed by atoms with E-state index in [2.05, 4.69) is 10.6 Å². The molecule has 0 saturated carbocycles. The van der Waals surface area contributed by atoms with Crippen LogP contribution in [0.4, 0.5) is 0 Å². The third-order valence-electron chi connectivity index (χ3n) is 3.74. The fourth-order valence-corrected chi connectivity index (χ4v) is 2.32. The van der Waals surface area contributed by atoms with Crippen LogP contribution in [-0.4, -0.2) is 37.0 Å². The number of carbonyl (C=O) groups excluding carboxylic acids is 3. The number of hydrogen-bond donors (Lipinski definition) is 2. The zero-order valence-electron chi connectivity index (χ0n) is 15.5. The molecular weight excluding hydrogens is 352 g/mol. The first-order chi connectivity index (χ1) is 12.8. The van der Waals surface area contributed by atoms with Gasteiger partial charge in [-0.15, -0.1) is 0 Å². The molecule has 0 bridgehead atoms. The fourth-order valence-electron chi connectivity index (χ4n) is 2.32. The van der Waals surface area contributed by atoms with Crippen molar-refractivity contribution >= 4 is 28.8 Å². The highest BCUT2D eigenvalue weighted by atomic mass is 16.5. The first-order valence-corrected chi connectivity index (χ1v) is 8.60. The van der Waals surface area contributed by atoms with Crippen molar-refractivity contribution in [3.63, 3.8) is 0 Å². The molecule has 0 radical (unpaired) electrons. The van der Waals surface area contributed by atoms with E-state index in [0.29, 0.717) is 11.9 Å². The van der Waals surface area contributed by atoms with Crippen molar-refractivity contribution in [3.8, 4) is 0 Å². The number of amides is 2. The summed E-state index contributed by atoms with van der Waals surface area (Å²) in [7, 11) is 0. The lowest BCUT2D eigenvalue weighted by atomic mass is 10.1. The predicted octanol–water partition coefficient (Wildman–Crippen LogP) is 1.29. The van der Waals surface area contributed by atoms with Crippen molar-refractivity contribution in [2.45, 2.75) is 33.2 Å². The van der Waals surface area contributed by atoms with Crippen molar-refractivity contribution in [1.29, 1.82) is 0 Å². The molecule has 8 nitrogen and oxygen atoms in total. The first-order valence-electron chi connectivity index (χ1n) is 8.60. The second kappa shape index (κ2) is 8.98. The standard InChI is InChI=1S/C19H22N2O6/c1-4-7-20-18(24)12(3)21-17(23)10-26-19(25)16-9-14(22)13-8-11(2)5-6-15(13)27-16/h5-6,8-9,12H,4,7,10H2,1-3H3,(H,20,24)(H,21,23)/t12-/m1/s1. The molecule has 2 amide bonds. The van der Waals surface area contributed by atoms with Crippen LogP contribution in [0.5, 0.6) is 0 Å². The van der Waals surface area contributed by atoms with Crippen LogP contribution in [-0.2, 0) is 14.3 Å². The molecular formula is C19H22N2O6. The number of benzene rings is 1. The first kappa shape index (κ1) is 20.2. The maximum absolute atomic E-state index is 12.1. The molecule has 0 spiro atoms. The van der Waals surface area contributed by atoms with Gasteiger partial charge in [-0.05, 0) is 32.4 Å². The SMILES string of the molecule is CCCNC(=O)[C@@H](C)NC(=O)COC(=O)c1cc(=O)c2cc(C)ccc2o1. The van der Waals surface area contributed by atoms with Gasteiger partial charge in [0.05, 0.1) is 5.39 Å². The zero-order valence-corrected chi connectivity index (χ0v) is 15.5. The molecule has 0 saturated heterocycles. The van der Waals surface area contributed by atoms with E-state index in [4.69, 9.17) is 9.15 Å². The highest BCUT2D eigenvalue weighted by molar-refractivity contribution is 5.92. The van der Waals surface area contributed by atoms with E-state index in [9.17, 15) is 19.2 Å². The Hall–Kier alpha value is -3.16. The summed E-state index contributed by atoms with van der Waals surface area (Å²) in [5, 5.41) is 5.42. The quantitative estimate of drug-likeness (QED) is 0.706. The number of rotatable bonds is 7. The Morgan fingerprint density at radius 1 is 1.22 bits per heavy atom. The van der Waals surface area contributed by atoms with Gasteiger partial charge < -0.3 is 19.8 Å².